The Balaban J connectivity index is 1.98. The van der Waals surface area contributed by atoms with E-state index in [1.54, 1.807) is 12.1 Å². The SMILES string of the molecule is O=C(O)CC[C@H](NC(=O)c1ccc(-c2ccccc2)cc1)C(=O)NCCCCCO. The van der Waals surface area contributed by atoms with Crippen LogP contribution in [-0.4, -0.2) is 47.2 Å². The molecule has 30 heavy (non-hydrogen) atoms. The second kappa shape index (κ2) is 12.4. The number of carboxylic acid groups (broad SMARTS) is 1. The zero-order valence-electron chi connectivity index (χ0n) is 16.8. The summed E-state index contributed by atoms with van der Waals surface area (Å²) in [6.07, 6.45) is 1.92. The summed E-state index contributed by atoms with van der Waals surface area (Å²) in [7, 11) is 0. The number of hydrogen-bond donors (Lipinski definition) is 4. The lowest BCUT2D eigenvalue weighted by Gasteiger charge is -2.18. The van der Waals surface area contributed by atoms with Crippen molar-refractivity contribution in [3.05, 3.63) is 60.2 Å². The Bertz CT molecular complexity index is 821. The number of carbonyl (C=O) groups excluding carboxylic acids is 2. The molecule has 7 heteroatoms. The number of nitrogens with one attached hydrogen (secondary N) is 2. The second-order valence-corrected chi connectivity index (χ2v) is 6.98. The van der Waals surface area contributed by atoms with Crippen LogP contribution in [0.2, 0.25) is 0 Å². The fraction of sp³-hybridized carbons (Fsp3) is 0.348. The van der Waals surface area contributed by atoms with Crippen molar-refractivity contribution < 1.29 is 24.6 Å². The van der Waals surface area contributed by atoms with Gasteiger partial charge in [0.2, 0.25) is 5.91 Å². The Labute approximate surface area is 176 Å². The van der Waals surface area contributed by atoms with Gasteiger partial charge in [-0.15, -0.1) is 0 Å². The van der Waals surface area contributed by atoms with Crippen LogP contribution in [0.3, 0.4) is 0 Å². The third-order valence-corrected chi connectivity index (χ3v) is 4.66. The first-order valence-electron chi connectivity index (χ1n) is 10.1. The van der Waals surface area contributed by atoms with E-state index in [1.165, 1.54) is 0 Å². The first-order chi connectivity index (χ1) is 14.5. The highest BCUT2D eigenvalue weighted by atomic mass is 16.4. The number of benzene rings is 2. The van der Waals surface area contributed by atoms with Gasteiger partial charge in [0.15, 0.2) is 0 Å². The minimum absolute atomic E-state index is 0.00560. The van der Waals surface area contributed by atoms with E-state index in [9.17, 15) is 14.4 Å². The van der Waals surface area contributed by atoms with E-state index in [0.717, 1.165) is 17.5 Å². The fourth-order valence-electron chi connectivity index (χ4n) is 2.97. The normalized spacial score (nSPS) is 11.5. The van der Waals surface area contributed by atoms with Crippen molar-refractivity contribution in [3.63, 3.8) is 0 Å². The summed E-state index contributed by atoms with van der Waals surface area (Å²) >= 11 is 0. The van der Waals surface area contributed by atoms with Crippen LogP contribution in [0.4, 0.5) is 0 Å². The Hall–Kier alpha value is -3.19. The predicted octanol–water partition coefficient (Wildman–Crippen LogP) is 2.60. The van der Waals surface area contributed by atoms with Crippen LogP contribution in [0.1, 0.15) is 42.5 Å². The summed E-state index contributed by atoms with van der Waals surface area (Å²) in [4.78, 5) is 35.9. The summed E-state index contributed by atoms with van der Waals surface area (Å²) in [5.41, 5.74) is 2.39. The molecule has 2 rings (SSSR count). The third-order valence-electron chi connectivity index (χ3n) is 4.66. The summed E-state index contributed by atoms with van der Waals surface area (Å²) in [6, 6.07) is 15.8. The van der Waals surface area contributed by atoms with Gasteiger partial charge in [-0.1, -0.05) is 42.5 Å². The molecule has 4 N–H and O–H groups in total. The smallest absolute Gasteiger partial charge is 0.303 e. The number of carbonyl (C=O) groups is 3. The molecule has 0 radical (unpaired) electrons. The van der Waals surface area contributed by atoms with Gasteiger partial charge in [0.05, 0.1) is 0 Å². The molecule has 0 aliphatic rings. The van der Waals surface area contributed by atoms with Gasteiger partial charge in [-0.3, -0.25) is 14.4 Å². The monoisotopic (exact) mass is 412 g/mol. The highest BCUT2D eigenvalue weighted by Crippen LogP contribution is 2.19. The third kappa shape index (κ3) is 7.67. The molecule has 0 saturated carbocycles. The molecule has 0 aromatic heterocycles. The molecule has 0 saturated heterocycles. The van der Waals surface area contributed by atoms with Crippen LogP contribution in [0, 0.1) is 0 Å². The quantitative estimate of drug-likeness (QED) is 0.400. The van der Waals surface area contributed by atoms with Crippen molar-refractivity contribution in [3.8, 4) is 11.1 Å². The maximum absolute atomic E-state index is 12.6. The average Bonchev–Trinajstić information content (AvgIpc) is 2.76. The second-order valence-electron chi connectivity index (χ2n) is 6.98. The maximum Gasteiger partial charge on any atom is 0.303 e. The van der Waals surface area contributed by atoms with Gasteiger partial charge in [0, 0.05) is 25.1 Å². The molecule has 7 nitrogen and oxygen atoms in total. The molecule has 0 bridgehead atoms. The number of unbranched alkanes of at least 4 members (excludes halogenated alkanes) is 2. The largest absolute Gasteiger partial charge is 0.481 e. The fourth-order valence-corrected chi connectivity index (χ4v) is 2.97. The van der Waals surface area contributed by atoms with E-state index < -0.39 is 23.8 Å². The molecule has 0 unspecified atom stereocenters. The molecule has 1 atom stereocenters. The predicted molar refractivity (Wildman–Crippen MR) is 114 cm³/mol. The van der Waals surface area contributed by atoms with Gasteiger partial charge in [-0.2, -0.15) is 0 Å². The lowest BCUT2D eigenvalue weighted by atomic mass is 10.0. The van der Waals surface area contributed by atoms with Crippen LogP contribution in [0.15, 0.2) is 54.6 Å². The first kappa shape index (κ1) is 23.1. The molecule has 0 heterocycles. The van der Waals surface area contributed by atoms with Crippen LogP contribution in [0.5, 0.6) is 0 Å². The minimum Gasteiger partial charge on any atom is -0.481 e. The molecular weight excluding hydrogens is 384 g/mol. The summed E-state index contributed by atoms with van der Waals surface area (Å²) in [6.45, 7) is 0.512. The Morgan fingerprint density at radius 1 is 0.867 bits per heavy atom. The molecule has 0 aliphatic heterocycles. The van der Waals surface area contributed by atoms with E-state index in [4.69, 9.17) is 10.2 Å². The zero-order valence-corrected chi connectivity index (χ0v) is 16.8. The van der Waals surface area contributed by atoms with Crippen molar-refractivity contribution in [1.82, 2.24) is 10.6 Å². The van der Waals surface area contributed by atoms with Crippen molar-refractivity contribution in [1.29, 1.82) is 0 Å². The zero-order chi connectivity index (χ0) is 21.8. The van der Waals surface area contributed by atoms with Gasteiger partial charge >= 0.3 is 5.97 Å². The van der Waals surface area contributed by atoms with Crippen LogP contribution < -0.4 is 10.6 Å². The van der Waals surface area contributed by atoms with E-state index in [-0.39, 0.29) is 19.4 Å². The topological polar surface area (TPSA) is 116 Å². The minimum atomic E-state index is -1.03. The van der Waals surface area contributed by atoms with Gasteiger partial charge in [-0.25, -0.2) is 0 Å². The van der Waals surface area contributed by atoms with Crippen LogP contribution in [0.25, 0.3) is 11.1 Å². The number of carboxylic acids is 1. The van der Waals surface area contributed by atoms with Crippen molar-refractivity contribution in [2.45, 2.75) is 38.1 Å². The number of hydrogen-bond acceptors (Lipinski definition) is 4. The van der Waals surface area contributed by atoms with Crippen LogP contribution in [-0.2, 0) is 9.59 Å². The molecule has 0 fully saturated rings. The summed E-state index contributed by atoms with van der Waals surface area (Å²) in [5, 5.41) is 23.1. The number of aliphatic carboxylic acids is 1. The van der Waals surface area contributed by atoms with Crippen molar-refractivity contribution in [2.24, 2.45) is 0 Å². The Morgan fingerprint density at radius 3 is 2.17 bits per heavy atom. The Morgan fingerprint density at radius 2 is 1.53 bits per heavy atom. The highest BCUT2D eigenvalue weighted by Gasteiger charge is 2.22. The standard InChI is InChI=1S/C23H28N2O5/c26-16-6-2-5-15-24-23(30)20(13-14-21(27)28)25-22(29)19-11-9-18(10-12-19)17-7-3-1-4-8-17/h1,3-4,7-12,20,26H,2,5-6,13-16H2,(H,24,30)(H,25,29)(H,27,28)/t20-/m0/s1. The number of rotatable bonds is 12. The molecule has 160 valence electrons. The van der Waals surface area contributed by atoms with Gasteiger partial charge in [0.25, 0.3) is 5.91 Å². The molecule has 2 aromatic rings. The summed E-state index contributed by atoms with van der Waals surface area (Å²) in [5.74, 6) is -1.87. The van der Waals surface area contributed by atoms with Crippen LogP contribution >= 0.6 is 0 Å². The van der Waals surface area contributed by atoms with E-state index in [0.29, 0.717) is 24.9 Å². The first-order valence-corrected chi connectivity index (χ1v) is 10.1. The lowest BCUT2D eigenvalue weighted by Crippen LogP contribution is -2.47. The number of aliphatic hydroxyl groups excluding tert-OH is 1. The summed E-state index contributed by atoms with van der Waals surface area (Å²) < 4.78 is 0. The molecule has 2 amide bonds. The van der Waals surface area contributed by atoms with E-state index in [2.05, 4.69) is 10.6 Å². The van der Waals surface area contributed by atoms with Crippen molar-refractivity contribution in [2.75, 3.05) is 13.2 Å². The average molecular weight is 412 g/mol. The van der Waals surface area contributed by atoms with Gasteiger partial charge < -0.3 is 20.8 Å². The highest BCUT2D eigenvalue weighted by molar-refractivity contribution is 5.98. The van der Waals surface area contributed by atoms with E-state index in [1.807, 2.05) is 42.5 Å². The van der Waals surface area contributed by atoms with Crippen molar-refractivity contribution >= 4 is 17.8 Å². The molecule has 0 aliphatic carbocycles. The number of amides is 2. The number of aliphatic hydroxyl groups is 1. The maximum atomic E-state index is 12.6. The molecular formula is C23H28N2O5. The molecule has 0 spiro atoms. The van der Waals surface area contributed by atoms with Gasteiger partial charge in [0.1, 0.15) is 6.04 Å². The lowest BCUT2D eigenvalue weighted by molar-refractivity contribution is -0.137. The molecule has 2 aromatic carbocycles. The Kier molecular flexibility index (Phi) is 9.54. The van der Waals surface area contributed by atoms with E-state index >= 15 is 0 Å². The van der Waals surface area contributed by atoms with Gasteiger partial charge in [-0.05, 0) is 48.9 Å².